The Balaban J connectivity index is 1.91. The molecule has 1 aromatic carbocycles. The molecule has 0 bridgehead atoms. The minimum Gasteiger partial charge on any atom is -0.482 e. The number of nitrogen functional groups attached to an aromatic ring is 1. The Hall–Kier alpha value is -2.46. The van der Waals surface area contributed by atoms with Crippen LogP contribution in [0.2, 0.25) is 0 Å². The van der Waals surface area contributed by atoms with Gasteiger partial charge in [-0.1, -0.05) is 0 Å². The molecule has 3 N–H and O–H groups in total. The number of nitrogens with two attached hydrogens (primary N) is 1. The maximum atomic E-state index is 11.4. The van der Waals surface area contributed by atoms with Crippen LogP contribution in [-0.2, 0) is 9.53 Å². The van der Waals surface area contributed by atoms with E-state index in [0.717, 1.165) is 5.69 Å². The molecule has 0 saturated carbocycles. The average molecular weight is 274 g/mol. The standard InChI is InChI=1S/C13H14N4O3/c14-5-8-6-17(1-2-19-8)11-4-10-12(3-9(11)15)20-7-13(18)16-10/h3-4,8H,1-2,6-7,15H2,(H,16,18). The van der Waals surface area contributed by atoms with E-state index in [-0.39, 0.29) is 12.5 Å². The number of fused-ring (bicyclic) bond motifs is 1. The van der Waals surface area contributed by atoms with Gasteiger partial charge >= 0.3 is 0 Å². The lowest BCUT2D eigenvalue weighted by molar-refractivity contribution is -0.118. The molecule has 1 fully saturated rings. The van der Waals surface area contributed by atoms with E-state index in [1.807, 2.05) is 4.90 Å². The highest BCUT2D eigenvalue weighted by atomic mass is 16.5. The number of anilines is 3. The van der Waals surface area contributed by atoms with Gasteiger partial charge in [0.2, 0.25) is 0 Å². The number of amides is 1. The molecule has 0 aliphatic carbocycles. The molecule has 0 radical (unpaired) electrons. The summed E-state index contributed by atoms with van der Waals surface area (Å²) in [6.45, 7) is 1.57. The van der Waals surface area contributed by atoms with Gasteiger partial charge < -0.3 is 25.4 Å². The molecule has 7 heteroatoms. The first-order chi connectivity index (χ1) is 9.67. The van der Waals surface area contributed by atoms with Crippen molar-refractivity contribution < 1.29 is 14.3 Å². The summed E-state index contributed by atoms with van der Waals surface area (Å²) < 4.78 is 10.6. The number of carbonyl (C=O) groups excluding carboxylic acids is 1. The number of hydrogen-bond donors (Lipinski definition) is 2. The van der Waals surface area contributed by atoms with Crippen molar-refractivity contribution in [3.63, 3.8) is 0 Å². The fourth-order valence-corrected chi connectivity index (χ4v) is 2.35. The molecule has 1 unspecified atom stereocenters. The van der Waals surface area contributed by atoms with E-state index in [1.54, 1.807) is 12.1 Å². The molecule has 2 heterocycles. The third-order valence-electron chi connectivity index (χ3n) is 3.31. The summed E-state index contributed by atoms with van der Waals surface area (Å²) >= 11 is 0. The summed E-state index contributed by atoms with van der Waals surface area (Å²) in [5.74, 6) is 0.376. The van der Waals surface area contributed by atoms with E-state index in [0.29, 0.717) is 36.8 Å². The minimum atomic E-state index is -0.468. The summed E-state index contributed by atoms with van der Waals surface area (Å²) in [6, 6.07) is 5.57. The second-order valence-electron chi connectivity index (χ2n) is 4.68. The third kappa shape index (κ3) is 2.21. The van der Waals surface area contributed by atoms with Crippen molar-refractivity contribution >= 4 is 23.0 Å². The Morgan fingerprint density at radius 1 is 1.50 bits per heavy atom. The zero-order valence-corrected chi connectivity index (χ0v) is 10.8. The Kier molecular flexibility index (Phi) is 3.08. The molecule has 104 valence electrons. The van der Waals surface area contributed by atoms with Crippen molar-refractivity contribution in [2.24, 2.45) is 0 Å². The fourth-order valence-electron chi connectivity index (χ4n) is 2.35. The van der Waals surface area contributed by atoms with Crippen molar-refractivity contribution in [3.8, 4) is 11.8 Å². The largest absolute Gasteiger partial charge is 0.482 e. The van der Waals surface area contributed by atoms with E-state index in [1.165, 1.54) is 0 Å². The molecule has 20 heavy (non-hydrogen) atoms. The Bertz CT molecular complexity index is 596. The molecule has 1 atom stereocenters. The molecule has 0 spiro atoms. The lowest BCUT2D eigenvalue weighted by Crippen LogP contribution is -2.42. The Labute approximate surface area is 115 Å². The van der Waals surface area contributed by atoms with Crippen LogP contribution < -0.4 is 20.7 Å². The van der Waals surface area contributed by atoms with Gasteiger partial charge in [-0.2, -0.15) is 5.26 Å². The first-order valence-corrected chi connectivity index (χ1v) is 6.29. The molecule has 1 aromatic rings. The van der Waals surface area contributed by atoms with Crippen LogP contribution in [0.1, 0.15) is 0 Å². The van der Waals surface area contributed by atoms with Gasteiger partial charge in [0.15, 0.2) is 12.7 Å². The summed E-state index contributed by atoms with van der Waals surface area (Å²) in [6.07, 6.45) is -0.468. The smallest absolute Gasteiger partial charge is 0.262 e. The summed E-state index contributed by atoms with van der Waals surface area (Å²) in [5.41, 5.74) is 7.97. The molecule has 2 aliphatic heterocycles. The first kappa shape index (κ1) is 12.6. The molecule has 3 rings (SSSR count). The van der Waals surface area contributed by atoms with Gasteiger partial charge in [-0.05, 0) is 6.07 Å². The number of hydrogen-bond acceptors (Lipinski definition) is 6. The zero-order chi connectivity index (χ0) is 14.1. The van der Waals surface area contributed by atoms with Crippen molar-refractivity contribution in [1.82, 2.24) is 0 Å². The maximum Gasteiger partial charge on any atom is 0.262 e. The topological polar surface area (TPSA) is 101 Å². The second-order valence-corrected chi connectivity index (χ2v) is 4.68. The summed E-state index contributed by atoms with van der Waals surface area (Å²) in [4.78, 5) is 13.3. The van der Waals surface area contributed by atoms with E-state index < -0.39 is 6.10 Å². The monoisotopic (exact) mass is 274 g/mol. The number of rotatable bonds is 1. The minimum absolute atomic E-state index is 0.000151. The number of benzene rings is 1. The fraction of sp³-hybridized carbons (Fsp3) is 0.385. The van der Waals surface area contributed by atoms with E-state index >= 15 is 0 Å². The molecular weight excluding hydrogens is 260 g/mol. The van der Waals surface area contributed by atoms with Gasteiger partial charge in [0.1, 0.15) is 5.75 Å². The van der Waals surface area contributed by atoms with Gasteiger partial charge in [0.05, 0.1) is 36.3 Å². The molecule has 0 aromatic heterocycles. The number of morpholine rings is 1. The highest BCUT2D eigenvalue weighted by Crippen LogP contribution is 2.37. The van der Waals surface area contributed by atoms with Crippen LogP contribution in [0.15, 0.2) is 12.1 Å². The highest BCUT2D eigenvalue weighted by molar-refractivity contribution is 5.97. The number of nitrogens with zero attached hydrogens (tertiary/aromatic N) is 2. The average Bonchev–Trinajstić information content (AvgIpc) is 2.47. The number of ether oxygens (including phenoxy) is 2. The van der Waals surface area contributed by atoms with E-state index in [4.69, 9.17) is 20.5 Å². The van der Waals surface area contributed by atoms with Gasteiger partial charge in [-0.3, -0.25) is 4.79 Å². The Morgan fingerprint density at radius 3 is 3.15 bits per heavy atom. The maximum absolute atomic E-state index is 11.4. The molecular formula is C13H14N4O3. The van der Waals surface area contributed by atoms with E-state index in [9.17, 15) is 4.79 Å². The molecule has 7 nitrogen and oxygen atoms in total. The van der Waals surface area contributed by atoms with E-state index in [2.05, 4.69) is 11.4 Å². The zero-order valence-electron chi connectivity index (χ0n) is 10.8. The van der Waals surface area contributed by atoms with Gasteiger partial charge in [0, 0.05) is 12.6 Å². The van der Waals surface area contributed by atoms with Crippen molar-refractivity contribution in [3.05, 3.63) is 12.1 Å². The van der Waals surface area contributed by atoms with Crippen molar-refractivity contribution in [2.45, 2.75) is 6.10 Å². The van der Waals surface area contributed by atoms with Crippen molar-refractivity contribution in [1.29, 1.82) is 5.26 Å². The van der Waals surface area contributed by atoms with Crippen molar-refractivity contribution in [2.75, 3.05) is 42.3 Å². The van der Waals surface area contributed by atoms with Crippen LogP contribution in [0.3, 0.4) is 0 Å². The van der Waals surface area contributed by atoms with Crippen LogP contribution in [-0.4, -0.2) is 38.3 Å². The lowest BCUT2D eigenvalue weighted by atomic mass is 10.1. The van der Waals surface area contributed by atoms with Gasteiger partial charge in [0.25, 0.3) is 5.91 Å². The second kappa shape index (κ2) is 4.90. The highest BCUT2D eigenvalue weighted by Gasteiger charge is 2.24. The van der Waals surface area contributed by atoms with Crippen LogP contribution in [0.25, 0.3) is 0 Å². The SMILES string of the molecule is N#CC1CN(c2cc3c(cc2N)OCC(=O)N3)CCO1. The first-order valence-electron chi connectivity index (χ1n) is 6.29. The Morgan fingerprint density at radius 2 is 2.35 bits per heavy atom. The molecule has 2 aliphatic rings. The van der Waals surface area contributed by atoms with Gasteiger partial charge in [-0.15, -0.1) is 0 Å². The summed E-state index contributed by atoms with van der Waals surface area (Å²) in [5, 5.41) is 11.7. The number of carbonyl (C=O) groups is 1. The number of nitrogens with one attached hydrogen (secondary N) is 1. The quantitative estimate of drug-likeness (QED) is 0.716. The predicted molar refractivity (Wildman–Crippen MR) is 72.5 cm³/mol. The molecule has 1 saturated heterocycles. The lowest BCUT2D eigenvalue weighted by Gasteiger charge is -2.33. The predicted octanol–water partition coefficient (Wildman–Crippen LogP) is 0.328. The van der Waals surface area contributed by atoms with Gasteiger partial charge in [-0.25, -0.2) is 0 Å². The van der Waals surface area contributed by atoms with Crippen LogP contribution >= 0.6 is 0 Å². The number of nitriles is 1. The van der Waals surface area contributed by atoms with Crippen LogP contribution in [0.4, 0.5) is 17.1 Å². The normalized spacial score (nSPS) is 21.4. The van der Waals surface area contributed by atoms with Crippen LogP contribution in [0.5, 0.6) is 5.75 Å². The van der Waals surface area contributed by atoms with Crippen LogP contribution in [0, 0.1) is 11.3 Å². The third-order valence-corrected chi connectivity index (χ3v) is 3.31. The summed E-state index contributed by atoms with van der Waals surface area (Å²) in [7, 11) is 0. The molecule has 1 amide bonds.